The molecule has 1 atom stereocenters. The van der Waals surface area contributed by atoms with Crippen molar-refractivity contribution in [2.24, 2.45) is 0 Å². The van der Waals surface area contributed by atoms with E-state index >= 15 is 0 Å². The number of amides is 1. The van der Waals surface area contributed by atoms with Crippen LogP contribution in [0.4, 0.5) is 5.69 Å². The molecule has 2 heterocycles. The Morgan fingerprint density at radius 2 is 1.79 bits per heavy atom. The number of nitrogens with zero attached hydrogens (tertiary/aromatic N) is 1. The summed E-state index contributed by atoms with van der Waals surface area (Å²) in [5.74, 6) is 1.39. The van der Waals surface area contributed by atoms with Crippen molar-refractivity contribution >= 4 is 46.4 Å². The zero-order chi connectivity index (χ0) is 19.7. The first-order valence-corrected chi connectivity index (χ1v) is 10.2. The molecule has 0 bridgehead atoms. The van der Waals surface area contributed by atoms with Gasteiger partial charge in [-0.15, -0.1) is 0 Å². The molecule has 2 aliphatic rings. The fourth-order valence-corrected chi connectivity index (χ4v) is 4.25. The summed E-state index contributed by atoms with van der Waals surface area (Å²) in [6, 6.07) is 9.25. The van der Waals surface area contributed by atoms with Crippen molar-refractivity contribution < 1.29 is 14.3 Å². The SMILES string of the molecule is O=C(CN1CCCC1c1ccc2c(c1)OCCO2)Nc1cc(Cl)c(Cl)cc1Cl. The molecule has 1 N–H and O–H groups in total. The number of likely N-dealkylation sites (tertiary alicyclic amines) is 1. The number of halogens is 3. The Balaban J connectivity index is 1.45. The fourth-order valence-electron chi connectivity index (χ4n) is 3.65. The van der Waals surface area contributed by atoms with Crippen molar-refractivity contribution in [3.8, 4) is 11.5 Å². The van der Waals surface area contributed by atoms with E-state index in [2.05, 4.69) is 10.2 Å². The van der Waals surface area contributed by atoms with Gasteiger partial charge in [-0.3, -0.25) is 9.69 Å². The molecule has 8 heteroatoms. The number of carbonyl (C=O) groups is 1. The molecule has 2 aliphatic heterocycles. The van der Waals surface area contributed by atoms with Crippen LogP contribution in [0, 0.1) is 0 Å². The van der Waals surface area contributed by atoms with Crippen LogP contribution in [0.25, 0.3) is 0 Å². The van der Waals surface area contributed by atoms with Crippen molar-refractivity contribution in [2.75, 3.05) is 31.6 Å². The van der Waals surface area contributed by atoms with Gasteiger partial charge in [-0.1, -0.05) is 40.9 Å². The van der Waals surface area contributed by atoms with Gasteiger partial charge in [0, 0.05) is 6.04 Å². The van der Waals surface area contributed by atoms with Crippen LogP contribution in [0.3, 0.4) is 0 Å². The summed E-state index contributed by atoms with van der Waals surface area (Å²) in [7, 11) is 0. The number of nitrogens with one attached hydrogen (secondary N) is 1. The first-order valence-electron chi connectivity index (χ1n) is 9.09. The number of carbonyl (C=O) groups excluding carboxylic acids is 1. The van der Waals surface area contributed by atoms with Crippen molar-refractivity contribution in [2.45, 2.75) is 18.9 Å². The van der Waals surface area contributed by atoms with Crippen LogP contribution in [-0.2, 0) is 4.79 Å². The van der Waals surface area contributed by atoms with E-state index in [1.807, 2.05) is 18.2 Å². The minimum absolute atomic E-state index is 0.148. The van der Waals surface area contributed by atoms with Gasteiger partial charge in [0.25, 0.3) is 0 Å². The zero-order valence-corrected chi connectivity index (χ0v) is 17.3. The highest BCUT2D eigenvalue weighted by Crippen LogP contribution is 2.38. The Morgan fingerprint density at radius 3 is 2.61 bits per heavy atom. The molecule has 1 amide bonds. The molecule has 28 heavy (non-hydrogen) atoms. The van der Waals surface area contributed by atoms with Gasteiger partial charge in [0.2, 0.25) is 5.91 Å². The maximum absolute atomic E-state index is 12.6. The summed E-state index contributed by atoms with van der Waals surface area (Å²) >= 11 is 18.1. The van der Waals surface area contributed by atoms with Crippen LogP contribution in [0.1, 0.15) is 24.4 Å². The standard InChI is InChI=1S/C20H19Cl3N2O3/c21-13-9-15(23)16(10-14(13)22)24-20(26)11-25-5-1-2-17(25)12-3-4-18-19(8-12)28-7-6-27-18/h3-4,8-10,17H,1-2,5-7,11H2,(H,24,26). The molecule has 1 saturated heterocycles. The molecular formula is C20H19Cl3N2O3. The first kappa shape index (κ1) is 19.6. The van der Waals surface area contributed by atoms with E-state index in [1.54, 1.807) is 6.07 Å². The van der Waals surface area contributed by atoms with Gasteiger partial charge in [0.15, 0.2) is 11.5 Å². The Morgan fingerprint density at radius 1 is 1.04 bits per heavy atom. The number of hydrogen-bond donors (Lipinski definition) is 1. The van der Waals surface area contributed by atoms with Gasteiger partial charge < -0.3 is 14.8 Å². The minimum atomic E-state index is -0.148. The van der Waals surface area contributed by atoms with Crippen LogP contribution in [-0.4, -0.2) is 37.1 Å². The number of hydrogen-bond acceptors (Lipinski definition) is 4. The maximum atomic E-state index is 12.6. The minimum Gasteiger partial charge on any atom is -0.486 e. The lowest BCUT2D eigenvalue weighted by molar-refractivity contribution is -0.117. The van der Waals surface area contributed by atoms with Crippen LogP contribution in [0.2, 0.25) is 15.1 Å². The third-order valence-corrected chi connectivity index (χ3v) is 5.98. The average molecular weight is 442 g/mol. The molecule has 5 nitrogen and oxygen atoms in total. The van der Waals surface area contributed by atoms with Gasteiger partial charge >= 0.3 is 0 Å². The van der Waals surface area contributed by atoms with Crippen LogP contribution >= 0.6 is 34.8 Å². The topological polar surface area (TPSA) is 50.8 Å². The van der Waals surface area contributed by atoms with E-state index in [-0.39, 0.29) is 18.5 Å². The number of fused-ring (bicyclic) bond motifs is 1. The third-order valence-electron chi connectivity index (χ3n) is 4.95. The van der Waals surface area contributed by atoms with E-state index < -0.39 is 0 Å². The molecule has 0 radical (unpaired) electrons. The highest BCUT2D eigenvalue weighted by molar-refractivity contribution is 6.44. The smallest absolute Gasteiger partial charge is 0.238 e. The fraction of sp³-hybridized carbons (Fsp3) is 0.350. The van der Waals surface area contributed by atoms with E-state index in [1.165, 1.54) is 6.07 Å². The summed E-state index contributed by atoms with van der Waals surface area (Å²) in [6.45, 7) is 2.23. The molecule has 4 rings (SSSR count). The summed E-state index contributed by atoms with van der Waals surface area (Å²) in [5.41, 5.74) is 1.58. The van der Waals surface area contributed by atoms with Gasteiger partial charge in [-0.25, -0.2) is 0 Å². The highest BCUT2D eigenvalue weighted by Gasteiger charge is 2.29. The lowest BCUT2D eigenvalue weighted by atomic mass is 10.0. The predicted octanol–water partition coefficient (Wildman–Crippen LogP) is 5.19. The van der Waals surface area contributed by atoms with E-state index in [0.717, 1.165) is 36.4 Å². The van der Waals surface area contributed by atoms with E-state index in [9.17, 15) is 4.79 Å². The molecule has 0 spiro atoms. The van der Waals surface area contributed by atoms with E-state index in [4.69, 9.17) is 44.3 Å². The first-order chi connectivity index (χ1) is 13.5. The quantitative estimate of drug-likeness (QED) is 0.663. The molecule has 1 unspecified atom stereocenters. The number of ether oxygens (including phenoxy) is 2. The molecule has 0 aliphatic carbocycles. The maximum Gasteiger partial charge on any atom is 0.238 e. The Hall–Kier alpha value is -1.66. The normalized spacial score (nSPS) is 18.9. The molecule has 2 aromatic rings. The number of rotatable bonds is 4. The lowest BCUT2D eigenvalue weighted by Crippen LogP contribution is -2.33. The summed E-state index contributed by atoms with van der Waals surface area (Å²) in [5, 5.41) is 3.88. The van der Waals surface area contributed by atoms with Gasteiger partial charge in [-0.05, 0) is 49.2 Å². The number of benzene rings is 2. The zero-order valence-electron chi connectivity index (χ0n) is 15.0. The van der Waals surface area contributed by atoms with Gasteiger partial charge in [0.1, 0.15) is 13.2 Å². The Bertz CT molecular complexity index is 907. The Kier molecular flexibility index (Phi) is 5.88. The lowest BCUT2D eigenvalue weighted by Gasteiger charge is -2.26. The largest absolute Gasteiger partial charge is 0.486 e. The van der Waals surface area contributed by atoms with Gasteiger partial charge in [0.05, 0.1) is 27.3 Å². The van der Waals surface area contributed by atoms with Crippen LogP contribution in [0.5, 0.6) is 11.5 Å². The van der Waals surface area contributed by atoms with E-state index in [0.29, 0.717) is 34.0 Å². The molecule has 1 fully saturated rings. The number of anilines is 1. The second-order valence-corrected chi connectivity index (χ2v) is 8.05. The van der Waals surface area contributed by atoms with Crippen molar-refractivity contribution in [1.82, 2.24) is 4.90 Å². The Labute approximate surface area is 178 Å². The predicted molar refractivity (Wildman–Crippen MR) is 111 cm³/mol. The van der Waals surface area contributed by atoms with Gasteiger partial charge in [-0.2, -0.15) is 0 Å². The van der Waals surface area contributed by atoms with Crippen molar-refractivity contribution in [1.29, 1.82) is 0 Å². The van der Waals surface area contributed by atoms with Crippen molar-refractivity contribution in [3.63, 3.8) is 0 Å². The van der Waals surface area contributed by atoms with Crippen molar-refractivity contribution in [3.05, 3.63) is 51.0 Å². The average Bonchev–Trinajstić information content (AvgIpc) is 3.13. The second kappa shape index (κ2) is 8.37. The summed E-state index contributed by atoms with van der Waals surface area (Å²) in [6.07, 6.45) is 2.01. The third kappa shape index (κ3) is 4.18. The monoisotopic (exact) mass is 440 g/mol. The molecule has 0 aromatic heterocycles. The summed E-state index contributed by atoms with van der Waals surface area (Å²) in [4.78, 5) is 14.8. The van der Waals surface area contributed by atoms with Crippen LogP contribution < -0.4 is 14.8 Å². The molecule has 0 saturated carbocycles. The molecular weight excluding hydrogens is 423 g/mol. The summed E-state index contributed by atoms with van der Waals surface area (Å²) < 4.78 is 11.3. The second-order valence-electron chi connectivity index (χ2n) is 6.83. The van der Waals surface area contributed by atoms with Crippen LogP contribution in [0.15, 0.2) is 30.3 Å². The molecule has 148 valence electrons. The highest BCUT2D eigenvalue weighted by atomic mass is 35.5. The molecule has 2 aromatic carbocycles.